The van der Waals surface area contributed by atoms with E-state index in [1.165, 1.54) is 0 Å². The Kier molecular flexibility index (Phi) is 18.9. The second-order valence-electron chi connectivity index (χ2n) is 5.09. The van der Waals surface area contributed by atoms with Gasteiger partial charge in [-0.05, 0) is 13.0 Å². The van der Waals surface area contributed by atoms with Crippen LogP contribution in [0, 0.1) is 12.3 Å². The summed E-state index contributed by atoms with van der Waals surface area (Å²) < 4.78 is 21.1. The Balaban J connectivity index is 3.41. The number of hydrogen-bond acceptors (Lipinski definition) is 7. The standard InChI is InChI=1S/C17H32N2O5S/c1-2-8-21-10-12-23-14-15-24-13-11-22-9-4-17(20)19(7-16-25)6-3-5-18/h1,25H,3-16,18H2. The molecule has 0 unspecified atom stereocenters. The highest BCUT2D eigenvalue weighted by Crippen LogP contribution is 1.98. The molecule has 8 heteroatoms. The van der Waals surface area contributed by atoms with Gasteiger partial charge in [-0.25, -0.2) is 0 Å². The van der Waals surface area contributed by atoms with Crippen molar-refractivity contribution in [2.24, 2.45) is 5.73 Å². The maximum atomic E-state index is 12.0. The number of carbonyl (C=O) groups is 1. The Hall–Kier alpha value is -0.820. The lowest BCUT2D eigenvalue weighted by molar-refractivity contribution is -0.132. The number of terminal acetylenes is 1. The van der Waals surface area contributed by atoms with E-state index in [1.807, 2.05) is 0 Å². The number of thiol groups is 1. The van der Waals surface area contributed by atoms with Crippen molar-refractivity contribution in [1.82, 2.24) is 4.90 Å². The first-order valence-corrected chi connectivity index (χ1v) is 9.22. The fraction of sp³-hybridized carbons (Fsp3) is 0.824. The van der Waals surface area contributed by atoms with Gasteiger partial charge < -0.3 is 29.6 Å². The van der Waals surface area contributed by atoms with E-state index in [1.54, 1.807) is 4.90 Å². The van der Waals surface area contributed by atoms with Crippen molar-refractivity contribution in [2.75, 3.05) is 78.2 Å². The molecule has 7 nitrogen and oxygen atoms in total. The van der Waals surface area contributed by atoms with Crippen LogP contribution in [-0.2, 0) is 23.7 Å². The summed E-state index contributed by atoms with van der Waals surface area (Å²) in [5, 5.41) is 0. The average molecular weight is 377 g/mol. The minimum absolute atomic E-state index is 0.0730. The van der Waals surface area contributed by atoms with Gasteiger partial charge in [-0.1, -0.05) is 5.92 Å². The van der Waals surface area contributed by atoms with E-state index in [0.717, 1.165) is 6.42 Å². The SMILES string of the molecule is C#CCOCCOCCOCCOCCC(=O)N(CCS)CCCN. The summed E-state index contributed by atoms with van der Waals surface area (Å²) in [5.41, 5.74) is 5.48. The molecule has 0 aromatic heterocycles. The summed E-state index contributed by atoms with van der Waals surface area (Å²) in [5.74, 6) is 3.10. The van der Waals surface area contributed by atoms with Crippen molar-refractivity contribution >= 4 is 18.5 Å². The predicted octanol–water partition coefficient (Wildman–Crippen LogP) is 0.183. The van der Waals surface area contributed by atoms with Crippen LogP contribution in [0.5, 0.6) is 0 Å². The maximum Gasteiger partial charge on any atom is 0.224 e. The van der Waals surface area contributed by atoms with Gasteiger partial charge in [0.15, 0.2) is 0 Å². The maximum absolute atomic E-state index is 12.0. The molecule has 0 aliphatic heterocycles. The van der Waals surface area contributed by atoms with Gasteiger partial charge in [0.05, 0.1) is 52.7 Å². The predicted molar refractivity (Wildman–Crippen MR) is 101 cm³/mol. The van der Waals surface area contributed by atoms with E-state index in [2.05, 4.69) is 18.5 Å². The van der Waals surface area contributed by atoms with Crippen LogP contribution >= 0.6 is 12.6 Å². The zero-order chi connectivity index (χ0) is 18.6. The first kappa shape index (κ1) is 24.2. The zero-order valence-electron chi connectivity index (χ0n) is 15.0. The molecule has 0 aromatic carbocycles. The van der Waals surface area contributed by atoms with Gasteiger partial charge in [-0.2, -0.15) is 12.6 Å². The molecular weight excluding hydrogens is 344 g/mol. The molecular formula is C17H32N2O5S. The van der Waals surface area contributed by atoms with E-state index < -0.39 is 0 Å². The number of hydrogen-bond donors (Lipinski definition) is 2. The van der Waals surface area contributed by atoms with Crippen LogP contribution in [0.2, 0.25) is 0 Å². The van der Waals surface area contributed by atoms with Gasteiger partial charge >= 0.3 is 0 Å². The van der Waals surface area contributed by atoms with Crippen molar-refractivity contribution in [2.45, 2.75) is 12.8 Å². The average Bonchev–Trinajstić information content (AvgIpc) is 2.62. The molecule has 25 heavy (non-hydrogen) atoms. The Morgan fingerprint density at radius 2 is 1.52 bits per heavy atom. The fourth-order valence-corrected chi connectivity index (χ4v) is 2.11. The van der Waals surface area contributed by atoms with Gasteiger partial charge in [-0.15, -0.1) is 6.42 Å². The van der Waals surface area contributed by atoms with Crippen molar-refractivity contribution < 1.29 is 23.7 Å². The molecule has 0 aliphatic carbocycles. The van der Waals surface area contributed by atoms with Gasteiger partial charge in [0.1, 0.15) is 6.61 Å². The number of nitrogens with two attached hydrogens (primary N) is 1. The zero-order valence-corrected chi connectivity index (χ0v) is 15.9. The molecule has 2 N–H and O–H groups in total. The number of amides is 1. The summed E-state index contributed by atoms with van der Waals surface area (Å²) in [6.45, 7) is 5.47. The highest BCUT2D eigenvalue weighted by Gasteiger charge is 2.11. The van der Waals surface area contributed by atoms with Crippen molar-refractivity contribution in [1.29, 1.82) is 0 Å². The number of rotatable bonds is 18. The highest BCUT2D eigenvalue weighted by molar-refractivity contribution is 7.80. The second kappa shape index (κ2) is 19.5. The number of ether oxygens (including phenoxy) is 4. The Bertz CT molecular complexity index is 352. The second-order valence-corrected chi connectivity index (χ2v) is 5.54. The van der Waals surface area contributed by atoms with E-state index >= 15 is 0 Å². The third kappa shape index (κ3) is 16.4. The molecule has 0 spiro atoms. The highest BCUT2D eigenvalue weighted by atomic mass is 32.1. The van der Waals surface area contributed by atoms with Gasteiger partial charge in [0.2, 0.25) is 5.91 Å². The minimum atomic E-state index is 0.0730. The molecule has 0 radical (unpaired) electrons. The number of nitrogens with zero attached hydrogens (tertiary/aromatic N) is 1. The summed E-state index contributed by atoms with van der Waals surface area (Å²) in [7, 11) is 0. The summed E-state index contributed by atoms with van der Waals surface area (Å²) in [4.78, 5) is 13.8. The normalized spacial score (nSPS) is 10.6. The van der Waals surface area contributed by atoms with Crippen LogP contribution in [0.15, 0.2) is 0 Å². The summed E-state index contributed by atoms with van der Waals surface area (Å²) in [6, 6.07) is 0. The lowest BCUT2D eigenvalue weighted by Gasteiger charge is -2.21. The quantitative estimate of drug-likeness (QED) is 0.202. The Labute approximate surface area is 156 Å². The molecule has 0 bridgehead atoms. The molecule has 146 valence electrons. The first-order chi connectivity index (χ1) is 12.3. The Morgan fingerprint density at radius 1 is 0.960 bits per heavy atom. The Morgan fingerprint density at radius 3 is 2.04 bits per heavy atom. The van der Waals surface area contributed by atoms with E-state index in [0.29, 0.717) is 84.7 Å². The van der Waals surface area contributed by atoms with Gasteiger partial charge in [-0.3, -0.25) is 4.79 Å². The minimum Gasteiger partial charge on any atom is -0.379 e. The van der Waals surface area contributed by atoms with Crippen LogP contribution in [0.4, 0.5) is 0 Å². The van der Waals surface area contributed by atoms with Gasteiger partial charge in [0.25, 0.3) is 0 Å². The molecule has 0 aliphatic rings. The molecule has 0 heterocycles. The topological polar surface area (TPSA) is 83.2 Å². The van der Waals surface area contributed by atoms with Crippen molar-refractivity contribution in [3.8, 4) is 12.3 Å². The van der Waals surface area contributed by atoms with E-state index in [-0.39, 0.29) is 5.91 Å². The van der Waals surface area contributed by atoms with Crippen LogP contribution in [0.3, 0.4) is 0 Å². The monoisotopic (exact) mass is 376 g/mol. The molecule has 1 amide bonds. The van der Waals surface area contributed by atoms with Crippen LogP contribution in [0.1, 0.15) is 12.8 Å². The smallest absolute Gasteiger partial charge is 0.224 e. The van der Waals surface area contributed by atoms with E-state index in [9.17, 15) is 4.79 Å². The fourth-order valence-electron chi connectivity index (χ4n) is 1.87. The third-order valence-corrected chi connectivity index (χ3v) is 3.32. The molecule has 0 aromatic rings. The van der Waals surface area contributed by atoms with Crippen molar-refractivity contribution in [3.05, 3.63) is 0 Å². The van der Waals surface area contributed by atoms with Crippen LogP contribution < -0.4 is 5.73 Å². The van der Waals surface area contributed by atoms with Crippen molar-refractivity contribution in [3.63, 3.8) is 0 Å². The molecule has 0 atom stereocenters. The lowest BCUT2D eigenvalue weighted by atomic mass is 10.3. The summed E-state index contributed by atoms with van der Waals surface area (Å²) >= 11 is 4.17. The first-order valence-electron chi connectivity index (χ1n) is 8.59. The molecule has 0 rings (SSSR count). The molecule has 0 saturated heterocycles. The van der Waals surface area contributed by atoms with E-state index in [4.69, 9.17) is 31.1 Å². The lowest BCUT2D eigenvalue weighted by Crippen LogP contribution is -2.35. The number of carbonyl (C=O) groups excluding carboxylic acids is 1. The third-order valence-electron chi connectivity index (χ3n) is 3.12. The molecule has 0 fully saturated rings. The largest absolute Gasteiger partial charge is 0.379 e. The molecule has 0 saturated carbocycles. The van der Waals surface area contributed by atoms with Crippen LogP contribution in [0.25, 0.3) is 0 Å². The van der Waals surface area contributed by atoms with Crippen LogP contribution in [-0.4, -0.2) is 89.0 Å². The van der Waals surface area contributed by atoms with Gasteiger partial charge in [0, 0.05) is 18.8 Å². The summed E-state index contributed by atoms with van der Waals surface area (Å²) in [6.07, 6.45) is 6.20.